The topological polar surface area (TPSA) is 59.0 Å². The molecule has 0 unspecified atom stereocenters. The van der Waals surface area contributed by atoms with Gasteiger partial charge in [-0.1, -0.05) is 0 Å². The highest BCUT2D eigenvalue weighted by Gasteiger charge is 2.01. The highest BCUT2D eigenvalue weighted by Crippen LogP contribution is 2.14. The maximum atomic E-state index is 12.7. The summed E-state index contributed by atoms with van der Waals surface area (Å²) in [6, 6.07) is 5.45. The molecule has 0 aliphatic heterocycles. The lowest BCUT2D eigenvalue weighted by Crippen LogP contribution is -2.02. The van der Waals surface area contributed by atoms with Crippen LogP contribution in [0.4, 0.5) is 4.39 Å². The number of halogens is 1. The van der Waals surface area contributed by atoms with E-state index in [1.54, 1.807) is 6.07 Å². The second-order valence-electron chi connectivity index (χ2n) is 1.87. The van der Waals surface area contributed by atoms with E-state index in [9.17, 15) is 4.39 Å². The smallest absolute Gasteiger partial charge is 0.149 e. The summed E-state index contributed by atoms with van der Waals surface area (Å²) in [4.78, 5) is 4.25. The standard InChI is InChI=1S/C7H5FN2O/c8-7-3-6(11-10)2-1-5(7)4-9/h1-3H,10H2. The summed E-state index contributed by atoms with van der Waals surface area (Å²) in [5.41, 5.74) is -0.0224. The Morgan fingerprint density at radius 1 is 1.55 bits per heavy atom. The third-order valence-corrected chi connectivity index (χ3v) is 1.20. The first-order chi connectivity index (χ1) is 5.27. The van der Waals surface area contributed by atoms with Crippen LogP contribution in [0.1, 0.15) is 5.56 Å². The minimum Gasteiger partial charge on any atom is -0.411 e. The molecule has 0 radical (unpaired) electrons. The Balaban J connectivity index is 3.12. The van der Waals surface area contributed by atoms with Crippen LogP contribution in [0, 0.1) is 17.1 Å². The summed E-state index contributed by atoms with van der Waals surface area (Å²) >= 11 is 0. The fourth-order valence-electron chi connectivity index (χ4n) is 0.660. The monoisotopic (exact) mass is 152 g/mol. The van der Waals surface area contributed by atoms with Crippen molar-refractivity contribution in [1.29, 1.82) is 5.26 Å². The first kappa shape index (κ1) is 7.51. The number of rotatable bonds is 1. The van der Waals surface area contributed by atoms with Crippen molar-refractivity contribution in [3.63, 3.8) is 0 Å². The Hall–Kier alpha value is -1.60. The van der Waals surface area contributed by atoms with E-state index < -0.39 is 5.82 Å². The predicted octanol–water partition coefficient (Wildman–Crippen LogP) is 0.950. The molecular formula is C7H5FN2O. The van der Waals surface area contributed by atoms with Gasteiger partial charge in [-0.25, -0.2) is 4.39 Å². The molecule has 11 heavy (non-hydrogen) atoms. The second kappa shape index (κ2) is 2.99. The summed E-state index contributed by atoms with van der Waals surface area (Å²) in [5, 5.41) is 8.32. The van der Waals surface area contributed by atoms with Crippen molar-refractivity contribution in [2.24, 2.45) is 5.90 Å². The molecule has 0 heterocycles. The summed E-state index contributed by atoms with van der Waals surface area (Å²) < 4.78 is 12.7. The number of nitrogens with zero attached hydrogens (tertiary/aromatic N) is 1. The molecular weight excluding hydrogens is 147 g/mol. The third kappa shape index (κ3) is 1.45. The Bertz CT molecular complexity index is 306. The van der Waals surface area contributed by atoms with Gasteiger partial charge in [-0.2, -0.15) is 11.2 Å². The van der Waals surface area contributed by atoms with Crippen LogP contribution in [-0.2, 0) is 0 Å². The van der Waals surface area contributed by atoms with Crippen LogP contribution < -0.4 is 10.7 Å². The number of hydrogen-bond acceptors (Lipinski definition) is 3. The molecule has 0 spiro atoms. The average Bonchev–Trinajstić information content (AvgIpc) is 2.04. The highest BCUT2D eigenvalue weighted by molar-refractivity contribution is 5.35. The number of nitrogens with two attached hydrogens (primary N) is 1. The first-order valence-corrected chi connectivity index (χ1v) is 2.84. The van der Waals surface area contributed by atoms with Crippen molar-refractivity contribution in [1.82, 2.24) is 0 Å². The molecule has 56 valence electrons. The van der Waals surface area contributed by atoms with Gasteiger partial charge in [0.2, 0.25) is 0 Å². The fourth-order valence-corrected chi connectivity index (χ4v) is 0.660. The van der Waals surface area contributed by atoms with Crippen LogP contribution in [0.3, 0.4) is 0 Å². The molecule has 2 N–H and O–H groups in total. The van der Waals surface area contributed by atoms with Gasteiger partial charge in [0.05, 0.1) is 5.56 Å². The van der Waals surface area contributed by atoms with E-state index in [-0.39, 0.29) is 11.3 Å². The maximum Gasteiger partial charge on any atom is 0.149 e. The Morgan fingerprint density at radius 2 is 2.27 bits per heavy atom. The molecule has 0 fully saturated rings. The van der Waals surface area contributed by atoms with Crippen molar-refractivity contribution in [3.05, 3.63) is 29.6 Å². The van der Waals surface area contributed by atoms with Crippen molar-refractivity contribution >= 4 is 0 Å². The fraction of sp³-hybridized carbons (Fsp3) is 0. The van der Waals surface area contributed by atoms with Gasteiger partial charge in [-0.3, -0.25) is 0 Å². The molecule has 0 amide bonds. The van der Waals surface area contributed by atoms with Crippen LogP contribution in [0.15, 0.2) is 18.2 Å². The largest absolute Gasteiger partial charge is 0.411 e. The van der Waals surface area contributed by atoms with Gasteiger partial charge < -0.3 is 4.84 Å². The van der Waals surface area contributed by atoms with Crippen LogP contribution in [0.2, 0.25) is 0 Å². The van der Waals surface area contributed by atoms with Gasteiger partial charge in [-0.05, 0) is 12.1 Å². The first-order valence-electron chi connectivity index (χ1n) is 2.84. The number of nitriles is 1. The zero-order chi connectivity index (χ0) is 8.27. The molecule has 0 aliphatic rings. The lowest BCUT2D eigenvalue weighted by Gasteiger charge is -1.97. The Kier molecular flexibility index (Phi) is 2.04. The molecule has 0 atom stereocenters. The third-order valence-electron chi connectivity index (χ3n) is 1.20. The molecule has 1 rings (SSSR count). The van der Waals surface area contributed by atoms with E-state index in [0.29, 0.717) is 0 Å². The molecule has 1 aromatic rings. The maximum absolute atomic E-state index is 12.7. The van der Waals surface area contributed by atoms with Crippen molar-refractivity contribution in [3.8, 4) is 11.8 Å². The second-order valence-corrected chi connectivity index (χ2v) is 1.87. The van der Waals surface area contributed by atoms with Crippen LogP contribution in [-0.4, -0.2) is 0 Å². The van der Waals surface area contributed by atoms with Gasteiger partial charge in [0.15, 0.2) is 0 Å². The summed E-state index contributed by atoms with van der Waals surface area (Å²) in [7, 11) is 0. The van der Waals surface area contributed by atoms with E-state index in [0.717, 1.165) is 6.07 Å². The zero-order valence-corrected chi connectivity index (χ0v) is 5.54. The Morgan fingerprint density at radius 3 is 2.73 bits per heavy atom. The van der Waals surface area contributed by atoms with Gasteiger partial charge in [0, 0.05) is 6.07 Å². The number of benzene rings is 1. The summed E-state index contributed by atoms with van der Waals surface area (Å²) in [5.74, 6) is 4.33. The summed E-state index contributed by atoms with van der Waals surface area (Å²) in [6.45, 7) is 0. The number of hydrogen-bond donors (Lipinski definition) is 1. The highest BCUT2D eigenvalue weighted by atomic mass is 19.1. The zero-order valence-electron chi connectivity index (χ0n) is 5.54. The van der Waals surface area contributed by atoms with Gasteiger partial charge in [0.25, 0.3) is 0 Å². The molecule has 0 saturated carbocycles. The van der Waals surface area contributed by atoms with Gasteiger partial charge >= 0.3 is 0 Å². The van der Waals surface area contributed by atoms with Crippen LogP contribution in [0.25, 0.3) is 0 Å². The van der Waals surface area contributed by atoms with E-state index >= 15 is 0 Å². The van der Waals surface area contributed by atoms with Crippen LogP contribution in [0.5, 0.6) is 5.75 Å². The lowest BCUT2D eigenvalue weighted by molar-refractivity contribution is 0.332. The lowest BCUT2D eigenvalue weighted by atomic mass is 10.2. The molecule has 1 aromatic carbocycles. The predicted molar refractivity (Wildman–Crippen MR) is 35.9 cm³/mol. The van der Waals surface area contributed by atoms with Gasteiger partial charge in [-0.15, -0.1) is 0 Å². The Labute approximate surface area is 62.8 Å². The molecule has 3 nitrogen and oxygen atoms in total. The van der Waals surface area contributed by atoms with E-state index in [4.69, 9.17) is 11.2 Å². The molecule has 0 aromatic heterocycles. The molecule has 0 aliphatic carbocycles. The van der Waals surface area contributed by atoms with E-state index in [2.05, 4.69) is 4.84 Å². The van der Waals surface area contributed by atoms with Crippen molar-refractivity contribution in [2.45, 2.75) is 0 Å². The van der Waals surface area contributed by atoms with Crippen molar-refractivity contribution < 1.29 is 9.23 Å². The van der Waals surface area contributed by atoms with E-state index in [1.807, 2.05) is 0 Å². The SMILES string of the molecule is N#Cc1ccc(ON)cc1F. The average molecular weight is 152 g/mol. The minimum absolute atomic E-state index is 0.0224. The quantitative estimate of drug-likeness (QED) is 0.609. The van der Waals surface area contributed by atoms with Gasteiger partial charge in [0.1, 0.15) is 17.6 Å². The summed E-state index contributed by atoms with van der Waals surface area (Å²) in [6.07, 6.45) is 0. The molecule has 4 heteroatoms. The minimum atomic E-state index is -0.629. The van der Waals surface area contributed by atoms with Crippen LogP contribution >= 0.6 is 0 Å². The molecule has 0 bridgehead atoms. The van der Waals surface area contributed by atoms with E-state index in [1.165, 1.54) is 12.1 Å². The van der Waals surface area contributed by atoms with Crippen molar-refractivity contribution in [2.75, 3.05) is 0 Å². The molecule has 0 saturated heterocycles. The normalized spacial score (nSPS) is 8.82.